The number of hydrogen-bond donors (Lipinski definition) is 2. The average Bonchev–Trinajstić information content (AvgIpc) is 2.89. The smallest absolute Gasteiger partial charge is 0.171 e. The molecule has 3 rings (SSSR count). The van der Waals surface area contributed by atoms with Crippen LogP contribution in [0.4, 0.5) is 5.82 Å². The van der Waals surface area contributed by atoms with Gasteiger partial charge < -0.3 is 15.2 Å². The van der Waals surface area contributed by atoms with Gasteiger partial charge in [-0.25, -0.2) is 0 Å². The van der Waals surface area contributed by atoms with Gasteiger partial charge in [0.2, 0.25) is 0 Å². The zero-order valence-corrected chi connectivity index (χ0v) is 9.74. The number of nitrogens with zero attached hydrogens (tertiary/aromatic N) is 1. The van der Waals surface area contributed by atoms with Crippen LogP contribution in [-0.2, 0) is 0 Å². The van der Waals surface area contributed by atoms with Crippen LogP contribution >= 0.6 is 0 Å². The lowest BCUT2D eigenvalue weighted by atomic mass is 10.0. The van der Waals surface area contributed by atoms with Crippen molar-refractivity contribution in [3.05, 3.63) is 35.5 Å². The molecule has 3 aromatic rings. The van der Waals surface area contributed by atoms with Crippen molar-refractivity contribution in [3.8, 4) is 11.3 Å². The molecule has 0 fully saturated rings. The molecule has 0 aliphatic heterocycles. The van der Waals surface area contributed by atoms with E-state index >= 15 is 0 Å². The highest BCUT2D eigenvalue weighted by Gasteiger charge is 2.13. The summed E-state index contributed by atoms with van der Waals surface area (Å²) in [5.41, 5.74) is 10.1. The monoisotopic (exact) mass is 227 g/mol. The van der Waals surface area contributed by atoms with Crippen LogP contribution in [0, 0.1) is 13.8 Å². The lowest BCUT2D eigenvalue weighted by Gasteiger charge is -2.01. The zero-order chi connectivity index (χ0) is 12.0. The van der Waals surface area contributed by atoms with Crippen molar-refractivity contribution in [2.24, 2.45) is 0 Å². The van der Waals surface area contributed by atoms with E-state index in [1.807, 2.05) is 6.20 Å². The van der Waals surface area contributed by atoms with E-state index in [0.717, 1.165) is 11.1 Å². The maximum atomic E-state index is 5.58. The van der Waals surface area contributed by atoms with Gasteiger partial charge >= 0.3 is 0 Å². The van der Waals surface area contributed by atoms with Crippen molar-refractivity contribution in [2.75, 3.05) is 5.73 Å². The first-order valence-electron chi connectivity index (χ1n) is 5.46. The number of fused-ring (bicyclic) bond motifs is 1. The quantitative estimate of drug-likeness (QED) is 0.671. The van der Waals surface area contributed by atoms with Gasteiger partial charge in [-0.15, -0.1) is 0 Å². The molecule has 0 saturated carbocycles. The average molecular weight is 227 g/mol. The molecular formula is C13H13N3O. The minimum absolute atomic E-state index is 0.402. The molecule has 2 heterocycles. The van der Waals surface area contributed by atoms with Gasteiger partial charge in [0.1, 0.15) is 0 Å². The van der Waals surface area contributed by atoms with Crippen LogP contribution in [0.1, 0.15) is 11.1 Å². The number of aryl methyl sites for hydroxylation is 2. The summed E-state index contributed by atoms with van der Waals surface area (Å²) in [6.45, 7) is 4.16. The fourth-order valence-electron chi connectivity index (χ4n) is 2.17. The molecule has 0 radical (unpaired) electrons. The first kappa shape index (κ1) is 9.96. The SMILES string of the molecule is Cc1ccc(C)c2c(-c3cc(N)no3)c[nH]c12. The maximum Gasteiger partial charge on any atom is 0.171 e. The third kappa shape index (κ3) is 1.41. The van der Waals surface area contributed by atoms with Crippen molar-refractivity contribution in [2.45, 2.75) is 13.8 Å². The van der Waals surface area contributed by atoms with E-state index in [4.69, 9.17) is 10.3 Å². The second-order valence-corrected chi connectivity index (χ2v) is 4.27. The molecule has 3 N–H and O–H groups in total. The Morgan fingerprint density at radius 3 is 2.71 bits per heavy atom. The summed E-state index contributed by atoms with van der Waals surface area (Å²) in [4.78, 5) is 3.28. The van der Waals surface area contributed by atoms with Crippen LogP contribution in [0.5, 0.6) is 0 Å². The molecule has 0 saturated heterocycles. The molecule has 0 atom stereocenters. The predicted molar refractivity (Wildman–Crippen MR) is 67.7 cm³/mol. The number of nitrogen functional groups attached to an aromatic ring is 1. The second-order valence-electron chi connectivity index (χ2n) is 4.27. The molecule has 2 aromatic heterocycles. The predicted octanol–water partition coefficient (Wildman–Crippen LogP) is 3.02. The van der Waals surface area contributed by atoms with Gasteiger partial charge in [0.25, 0.3) is 0 Å². The van der Waals surface area contributed by atoms with E-state index in [0.29, 0.717) is 11.6 Å². The Morgan fingerprint density at radius 2 is 2.00 bits per heavy atom. The largest absolute Gasteiger partial charge is 0.381 e. The topological polar surface area (TPSA) is 67.8 Å². The summed E-state index contributed by atoms with van der Waals surface area (Å²) in [5.74, 6) is 1.10. The van der Waals surface area contributed by atoms with E-state index in [2.05, 4.69) is 36.1 Å². The highest BCUT2D eigenvalue weighted by atomic mass is 16.5. The molecule has 17 heavy (non-hydrogen) atoms. The number of anilines is 1. The van der Waals surface area contributed by atoms with E-state index < -0.39 is 0 Å². The summed E-state index contributed by atoms with van der Waals surface area (Å²) in [7, 11) is 0. The Hall–Kier alpha value is -2.23. The molecule has 0 aliphatic rings. The van der Waals surface area contributed by atoms with Crippen molar-refractivity contribution in [3.63, 3.8) is 0 Å². The van der Waals surface area contributed by atoms with Crippen LogP contribution in [0.2, 0.25) is 0 Å². The molecule has 0 unspecified atom stereocenters. The summed E-state index contributed by atoms with van der Waals surface area (Å²) in [5, 5.41) is 4.89. The Labute approximate surface area is 98.4 Å². The van der Waals surface area contributed by atoms with Crippen molar-refractivity contribution in [1.82, 2.24) is 10.1 Å². The van der Waals surface area contributed by atoms with Crippen molar-refractivity contribution in [1.29, 1.82) is 0 Å². The maximum absolute atomic E-state index is 5.58. The van der Waals surface area contributed by atoms with Gasteiger partial charge in [-0.05, 0) is 25.0 Å². The highest BCUT2D eigenvalue weighted by molar-refractivity contribution is 5.98. The van der Waals surface area contributed by atoms with Crippen LogP contribution < -0.4 is 5.73 Å². The lowest BCUT2D eigenvalue weighted by Crippen LogP contribution is -1.81. The molecule has 0 amide bonds. The Morgan fingerprint density at radius 1 is 1.24 bits per heavy atom. The van der Waals surface area contributed by atoms with Crippen LogP contribution in [0.3, 0.4) is 0 Å². The first-order chi connectivity index (χ1) is 8.16. The van der Waals surface area contributed by atoms with E-state index in [1.165, 1.54) is 16.5 Å². The number of aromatic amines is 1. The van der Waals surface area contributed by atoms with Crippen LogP contribution in [-0.4, -0.2) is 10.1 Å². The summed E-state index contributed by atoms with van der Waals surface area (Å²) < 4.78 is 5.22. The normalized spacial score (nSPS) is 11.2. The van der Waals surface area contributed by atoms with Crippen molar-refractivity contribution < 1.29 is 4.52 Å². The van der Waals surface area contributed by atoms with E-state index in [-0.39, 0.29) is 0 Å². The second kappa shape index (κ2) is 3.38. The Kier molecular flexibility index (Phi) is 1.98. The van der Waals surface area contributed by atoms with Gasteiger partial charge in [-0.2, -0.15) is 0 Å². The minimum Gasteiger partial charge on any atom is -0.381 e. The molecule has 0 aliphatic carbocycles. The summed E-state index contributed by atoms with van der Waals surface area (Å²) in [6, 6.07) is 5.95. The van der Waals surface area contributed by atoms with Gasteiger partial charge in [0, 0.05) is 28.7 Å². The fourth-order valence-corrected chi connectivity index (χ4v) is 2.17. The zero-order valence-electron chi connectivity index (χ0n) is 9.74. The van der Waals surface area contributed by atoms with Crippen molar-refractivity contribution >= 4 is 16.7 Å². The number of rotatable bonds is 1. The number of aromatic nitrogens is 2. The molecule has 86 valence electrons. The third-order valence-corrected chi connectivity index (χ3v) is 3.05. The fraction of sp³-hybridized carbons (Fsp3) is 0.154. The van der Waals surface area contributed by atoms with Gasteiger partial charge in [-0.1, -0.05) is 17.3 Å². The standard InChI is InChI=1S/C13H13N3O/c1-7-3-4-8(2)13-12(7)9(6-15-13)10-5-11(14)16-17-10/h3-6,15H,1-2H3,(H2,14,16). The number of hydrogen-bond acceptors (Lipinski definition) is 3. The Balaban J connectivity index is 2.35. The van der Waals surface area contributed by atoms with Crippen LogP contribution in [0.15, 0.2) is 28.9 Å². The summed E-state index contributed by atoms with van der Waals surface area (Å²) in [6.07, 6.45) is 1.94. The molecule has 4 heteroatoms. The number of H-pyrrole nitrogens is 1. The number of benzene rings is 1. The summed E-state index contributed by atoms with van der Waals surface area (Å²) >= 11 is 0. The minimum atomic E-state index is 0.402. The molecule has 0 spiro atoms. The number of nitrogens with one attached hydrogen (secondary N) is 1. The van der Waals surface area contributed by atoms with Gasteiger partial charge in [0.15, 0.2) is 11.6 Å². The number of nitrogens with two attached hydrogens (primary N) is 1. The van der Waals surface area contributed by atoms with Gasteiger partial charge in [0.05, 0.1) is 0 Å². The van der Waals surface area contributed by atoms with E-state index in [1.54, 1.807) is 6.07 Å². The van der Waals surface area contributed by atoms with Gasteiger partial charge in [-0.3, -0.25) is 0 Å². The Bertz CT molecular complexity index is 694. The van der Waals surface area contributed by atoms with E-state index in [9.17, 15) is 0 Å². The molecule has 4 nitrogen and oxygen atoms in total. The molecule has 1 aromatic carbocycles. The lowest BCUT2D eigenvalue weighted by molar-refractivity contribution is 0.436. The third-order valence-electron chi connectivity index (χ3n) is 3.05. The highest BCUT2D eigenvalue weighted by Crippen LogP contribution is 2.33. The first-order valence-corrected chi connectivity index (χ1v) is 5.46. The van der Waals surface area contributed by atoms with Crippen LogP contribution in [0.25, 0.3) is 22.2 Å². The molecule has 0 bridgehead atoms. The molecular weight excluding hydrogens is 214 g/mol.